The second-order valence-electron chi connectivity index (χ2n) is 4.43. The molecule has 0 heterocycles. The van der Waals surface area contributed by atoms with E-state index in [1.54, 1.807) is 0 Å². The maximum Gasteiger partial charge on any atom is 0.399 e. The van der Waals surface area contributed by atoms with Crippen LogP contribution in [0.4, 0.5) is 22.0 Å². The van der Waals surface area contributed by atoms with Crippen LogP contribution >= 0.6 is 0 Å². The molecule has 0 saturated carbocycles. The summed E-state index contributed by atoms with van der Waals surface area (Å²) in [5, 5.41) is 8.46. The van der Waals surface area contributed by atoms with Gasteiger partial charge in [0.05, 0.1) is 6.07 Å². The highest BCUT2D eigenvalue weighted by atomic mass is 19.4. The van der Waals surface area contributed by atoms with Crippen LogP contribution in [0.1, 0.15) is 27.7 Å². The summed E-state index contributed by atoms with van der Waals surface area (Å²) in [5.74, 6) is -4.16. The number of hydrogen-bond donors (Lipinski definition) is 0. The molecule has 0 aliphatic rings. The van der Waals surface area contributed by atoms with Crippen LogP contribution < -0.4 is 0 Å². The molecule has 0 aromatic carbocycles. The summed E-state index contributed by atoms with van der Waals surface area (Å²) >= 11 is 0. The fraction of sp³-hybridized carbons (Fsp3) is 0.889. The second-order valence-corrected chi connectivity index (χ2v) is 4.43. The highest BCUT2D eigenvalue weighted by Crippen LogP contribution is 2.55. The number of hydrogen-bond acceptors (Lipinski definition) is 1. The summed E-state index contributed by atoms with van der Waals surface area (Å²) in [4.78, 5) is 0. The van der Waals surface area contributed by atoms with Crippen molar-refractivity contribution >= 4 is 0 Å². The molecule has 0 amide bonds. The molecule has 0 aliphatic carbocycles. The Kier molecular flexibility index (Phi) is 3.13. The van der Waals surface area contributed by atoms with Gasteiger partial charge in [0, 0.05) is 0 Å². The first-order valence-electron chi connectivity index (χ1n) is 4.17. The molecule has 0 bridgehead atoms. The fourth-order valence-electron chi connectivity index (χ4n) is 1.03. The normalized spacial score (nSPS) is 14.9. The molecule has 88 valence electrons. The molecule has 0 spiro atoms. The SMILES string of the molecule is CC(C)(C#N)C(F)(F)C(C)(C)C(F)(F)F. The molecule has 0 saturated heterocycles. The monoisotopic (exact) mass is 229 g/mol. The lowest BCUT2D eigenvalue weighted by atomic mass is 9.71. The van der Waals surface area contributed by atoms with Gasteiger partial charge in [-0.1, -0.05) is 0 Å². The van der Waals surface area contributed by atoms with Crippen molar-refractivity contribution in [3.8, 4) is 6.07 Å². The lowest BCUT2D eigenvalue weighted by Crippen LogP contribution is -2.55. The van der Waals surface area contributed by atoms with Gasteiger partial charge in [-0.2, -0.15) is 18.4 Å². The van der Waals surface area contributed by atoms with Gasteiger partial charge >= 0.3 is 6.18 Å². The topological polar surface area (TPSA) is 23.8 Å². The number of alkyl halides is 5. The summed E-state index contributed by atoms with van der Waals surface area (Å²) in [6.07, 6.45) is -5.06. The van der Waals surface area contributed by atoms with E-state index in [-0.39, 0.29) is 0 Å². The number of nitriles is 1. The maximum atomic E-state index is 13.5. The third-order valence-corrected chi connectivity index (χ3v) is 2.56. The van der Waals surface area contributed by atoms with Gasteiger partial charge in [0.25, 0.3) is 5.92 Å². The van der Waals surface area contributed by atoms with Crippen LogP contribution in [0.5, 0.6) is 0 Å². The Morgan fingerprint density at radius 2 is 1.20 bits per heavy atom. The van der Waals surface area contributed by atoms with E-state index in [1.165, 1.54) is 6.07 Å². The van der Waals surface area contributed by atoms with Crippen LogP contribution in [-0.2, 0) is 0 Å². The van der Waals surface area contributed by atoms with Crippen LogP contribution in [0, 0.1) is 22.2 Å². The molecule has 0 radical (unpaired) electrons. The number of rotatable bonds is 2. The van der Waals surface area contributed by atoms with Crippen molar-refractivity contribution in [1.29, 1.82) is 5.26 Å². The molecule has 0 aromatic heterocycles. The first kappa shape index (κ1) is 14.1. The van der Waals surface area contributed by atoms with Crippen molar-refractivity contribution in [2.75, 3.05) is 0 Å². The van der Waals surface area contributed by atoms with Gasteiger partial charge in [-0.15, -0.1) is 0 Å². The van der Waals surface area contributed by atoms with Crippen LogP contribution in [0.15, 0.2) is 0 Å². The van der Waals surface area contributed by atoms with E-state index in [0.29, 0.717) is 13.8 Å². The molecular formula is C9H12F5N. The second kappa shape index (κ2) is 3.32. The van der Waals surface area contributed by atoms with E-state index in [0.717, 1.165) is 13.8 Å². The van der Waals surface area contributed by atoms with E-state index < -0.39 is 22.9 Å². The minimum atomic E-state index is -5.06. The van der Waals surface area contributed by atoms with Gasteiger partial charge in [-0.25, -0.2) is 8.78 Å². The predicted molar refractivity (Wildman–Crippen MR) is 44.2 cm³/mol. The molecule has 0 unspecified atom stereocenters. The van der Waals surface area contributed by atoms with Gasteiger partial charge in [0.2, 0.25) is 0 Å². The molecular weight excluding hydrogens is 217 g/mol. The zero-order chi connectivity index (χ0) is 12.7. The molecule has 0 N–H and O–H groups in total. The molecule has 15 heavy (non-hydrogen) atoms. The van der Waals surface area contributed by atoms with Crippen LogP contribution in [0.2, 0.25) is 0 Å². The number of halogens is 5. The third-order valence-electron chi connectivity index (χ3n) is 2.56. The third kappa shape index (κ3) is 1.92. The minimum Gasteiger partial charge on any atom is -0.204 e. The van der Waals surface area contributed by atoms with Gasteiger partial charge in [0.1, 0.15) is 10.8 Å². The van der Waals surface area contributed by atoms with Crippen molar-refractivity contribution in [2.24, 2.45) is 10.8 Å². The first-order chi connectivity index (χ1) is 6.31. The van der Waals surface area contributed by atoms with Crippen molar-refractivity contribution in [3.63, 3.8) is 0 Å². The van der Waals surface area contributed by atoms with Crippen molar-refractivity contribution in [3.05, 3.63) is 0 Å². The Morgan fingerprint density at radius 3 is 1.40 bits per heavy atom. The van der Waals surface area contributed by atoms with Gasteiger partial charge in [0.15, 0.2) is 0 Å². The van der Waals surface area contributed by atoms with Crippen molar-refractivity contribution in [2.45, 2.75) is 39.8 Å². The highest BCUT2D eigenvalue weighted by Gasteiger charge is 2.68. The lowest BCUT2D eigenvalue weighted by molar-refractivity contribution is -0.305. The molecule has 0 aromatic rings. The summed E-state index contributed by atoms with van der Waals surface area (Å²) in [6, 6.07) is 1.21. The van der Waals surface area contributed by atoms with E-state index in [1.807, 2.05) is 0 Å². The average molecular weight is 229 g/mol. The Bertz CT molecular complexity index is 282. The molecule has 0 fully saturated rings. The van der Waals surface area contributed by atoms with E-state index in [9.17, 15) is 22.0 Å². The van der Waals surface area contributed by atoms with Gasteiger partial charge in [-0.3, -0.25) is 0 Å². The van der Waals surface area contributed by atoms with E-state index in [2.05, 4.69) is 0 Å². The Balaban J connectivity index is 5.51. The smallest absolute Gasteiger partial charge is 0.204 e. The highest BCUT2D eigenvalue weighted by molar-refractivity contribution is 5.09. The summed E-state index contributed by atoms with van der Waals surface area (Å²) in [6.45, 7) is 2.37. The standard InChI is InChI=1S/C9H12F5N/c1-6(2,5-15)8(10,11)7(3,4)9(12,13)14/h1-4H3. The molecule has 1 nitrogen and oxygen atoms in total. The molecule has 0 aliphatic heterocycles. The largest absolute Gasteiger partial charge is 0.399 e. The summed E-state index contributed by atoms with van der Waals surface area (Å²) in [5.41, 5.74) is -5.61. The van der Waals surface area contributed by atoms with E-state index in [4.69, 9.17) is 5.26 Å². The van der Waals surface area contributed by atoms with Gasteiger partial charge < -0.3 is 0 Å². The maximum absolute atomic E-state index is 13.5. The average Bonchev–Trinajstić information content (AvgIpc) is 2.01. The molecule has 0 atom stereocenters. The van der Waals surface area contributed by atoms with E-state index >= 15 is 0 Å². The fourth-order valence-corrected chi connectivity index (χ4v) is 1.03. The van der Waals surface area contributed by atoms with Crippen LogP contribution in [-0.4, -0.2) is 12.1 Å². The molecule has 6 heteroatoms. The van der Waals surface area contributed by atoms with Crippen molar-refractivity contribution in [1.82, 2.24) is 0 Å². The minimum absolute atomic E-state index is 0.395. The van der Waals surface area contributed by atoms with Crippen molar-refractivity contribution < 1.29 is 22.0 Å². The Hall–Kier alpha value is -0.860. The van der Waals surface area contributed by atoms with Crippen LogP contribution in [0.25, 0.3) is 0 Å². The quantitative estimate of drug-likeness (QED) is 0.661. The number of nitrogens with zero attached hydrogens (tertiary/aromatic N) is 1. The predicted octanol–water partition coefficient (Wildman–Crippen LogP) is 3.76. The summed E-state index contributed by atoms with van der Waals surface area (Å²) < 4.78 is 64.3. The van der Waals surface area contributed by atoms with Gasteiger partial charge in [-0.05, 0) is 27.7 Å². The summed E-state index contributed by atoms with van der Waals surface area (Å²) in [7, 11) is 0. The zero-order valence-electron chi connectivity index (χ0n) is 8.84. The Labute approximate surface area is 84.9 Å². The zero-order valence-corrected chi connectivity index (χ0v) is 8.84. The Morgan fingerprint density at radius 1 is 0.867 bits per heavy atom. The lowest BCUT2D eigenvalue weighted by Gasteiger charge is -2.41. The van der Waals surface area contributed by atoms with Crippen LogP contribution in [0.3, 0.4) is 0 Å². The first-order valence-corrected chi connectivity index (χ1v) is 4.17. The molecule has 0 rings (SSSR count).